The van der Waals surface area contributed by atoms with E-state index in [1.165, 1.54) is 18.2 Å². The lowest BCUT2D eigenvalue weighted by Crippen LogP contribution is -2.37. The van der Waals surface area contributed by atoms with Gasteiger partial charge in [-0.3, -0.25) is 9.59 Å². The van der Waals surface area contributed by atoms with Gasteiger partial charge in [-0.2, -0.15) is 0 Å². The zero-order valence-electron chi connectivity index (χ0n) is 13.4. The number of anilines is 1. The highest BCUT2D eigenvalue weighted by Gasteiger charge is 2.15. The van der Waals surface area contributed by atoms with Crippen molar-refractivity contribution in [2.75, 3.05) is 25.6 Å². The van der Waals surface area contributed by atoms with Crippen LogP contribution in [0.1, 0.15) is 0 Å². The number of phenolic OH excluding ortho intramolecular Hbond substituents is 1. The van der Waals surface area contributed by atoms with Crippen LogP contribution in [0.25, 0.3) is 0 Å². The van der Waals surface area contributed by atoms with Crippen LogP contribution < -0.4 is 20.1 Å². The van der Waals surface area contributed by atoms with Crippen molar-refractivity contribution < 1.29 is 24.2 Å². The summed E-state index contributed by atoms with van der Waals surface area (Å²) < 4.78 is 10.5. The number of aromatic hydroxyl groups is 1. The van der Waals surface area contributed by atoms with Gasteiger partial charge in [0.25, 0.3) is 0 Å². The van der Waals surface area contributed by atoms with Crippen LogP contribution in [-0.4, -0.2) is 37.2 Å². The summed E-state index contributed by atoms with van der Waals surface area (Å²) in [5.41, 5.74) is 0.0575. The van der Waals surface area contributed by atoms with Gasteiger partial charge in [-0.05, 0) is 42.5 Å². The van der Waals surface area contributed by atoms with E-state index in [4.69, 9.17) is 21.1 Å². The Morgan fingerprint density at radius 2 is 1.76 bits per heavy atom. The number of ether oxygens (including phenoxy) is 2. The van der Waals surface area contributed by atoms with Crippen LogP contribution in [0, 0.1) is 0 Å². The molecular formula is C17H17ClN2O5. The van der Waals surface area contributed by atoms with Crippen LogP contribution in [0.4, 0.5) is 5.69 Å². The summed E-state index contributed by atoms with van der Waals surface area (Å²) in [6, 6.07) is 11.1. The quantitative estimate of drug-likeness (QED) is 0.415. The lowest BCUT2D eigenvalue weighted by Gasteiger charge is -2.09. The molecule has 2 rings (SSSR count). The van der Waals surface area contributed by atoms with E-state index < -0.39 is 11.8 Å². The molecule has 0 aliphatic carbocycles. The van der Waals surface area contributed by atoms with Gasteiger partial charge < -0.3 is 25.2 Å². The summed E-state index contributed by atoms with van der Waals surface area (Å²) in [5.74, 6) is -0.627. The number of carbonyl (C=O) groups excluding carboxylic acids is 2. The monoisotopic (exact) mass is 364 g/mol. The van der Waals surface area contributed by atoms with E-state index in [1.807, 2.05) is 0 Å². The molecule has 0 atom stereocenters. The molecule has 2 amide bonds. The average molecular weight is 365 g/mol. The second kappa shape index (κ2) is 8.79. The van der Waals surface area contributed by atoms with Crippen LogP contribution in [0.5, 0.6) is 17.2 Å². The van der Waals surface area contributed by atoms with Gasteiger partial charge in [0.2, 0.25) is 0 Å². The van der Waals surface area contributed by atoms with Crippen LogP contribution >= 0.6 is 11.6 Å². The lowest BCUT2D eigenvalue weighted by molar-refractivity contribution is -0.136. The molecule has 132 valence electrons. The molecule has 0 unspecified atom stereocenters. The van der Waals surface area contributed by atoms with E-state index in [0.717, 1.165) is 0 Å². The number of phenols is 1. The van der Waals surface area contributed by atoms with Crippen molar-refractivity contribution in [3.63, 3.8) is 0 Å². The molecule has 0 aliphatic rings. The smallest absolute Gasteiger partial charge is 0.313 e. The lowest BCUT2D eigenvalue weighted by atomic mass is 10.3. The van der Waals surface area contributed by atoms with Crippen molar-refractivity contribution in [1.29, 1.82) is 0 Å². The Bertz CT molecular complexity index is 749. The van der Waals surface area contributed by atoms with Crippen molar-refractivity contribution in [3.05, 3.63) is 47.5 Å². The van der Waals surface area contributed by atoms with Crippen molar-refractivity contribution in [1.82, 2.24) is 5.32 Å². The molecule has 0 heterocycles. The van der Waals surface area contributed by atoms with E-state index >= 15 is 0 Å². The minimum Gasteiger partial charge on any atom is -0.506 e. The van der Waals surface area contributed by atoms with Gasteiger partial charge in [-0.25, -0.2) is 0 Å². The highest BCUT2D eigenvalue weighted by molar-refractivity contribution is 6.40. The standard InChI is InChI=1S/C17H17ClN2O5/c1-24-12-3-5-13(6-4-12)25-9-8-19-16(22)17(23)20-14-10-11(18)2-7-15(14)21/h2-7,10,21H,8-9H2,1H3,(H,19,22)(H,20,23). The fourth-order valence-electron chi connectivity index (χ4n) is 1.87. The molecule has 0 spiro atoms. The summed E-state index contributed by atoms with van der Waals surface area (Å²) >= 11 is 5.77. The number of amides is 2. The summed E-state index contributed by atoms with van der Waals surface area (Å²) in [5, 5.41) is 14.6. The van der Waals surface area contributed by atoms with Crippen LogP contribution in [0.3, 0.4) is 0 Å². The number of hydrogen-bond acceptors (Lipinski definition) is 5. The second-order valence-corrected chi connectivity index (χ2v) is 5.33. The zero-order valence-corrected chi connectivity index (χ0v) is 14.2. The molecule has 7 nitrogen and oxygen atoms in total. The van der Waals surface area contributed by atoms with E-state index in [9.17, 15) is 14.7 Å². The van der Waals surface area contributed by atoms with E-state index in [2.05, 4.69) is 10.6 Å². The number of halogens is 1. The van der Waals surface area contributed by atoms with Crippen molar-refractivity contribution in [2.45, 2.75) is 0 Å². The maximum Gasteiger partial charge on any atom is 0.313 e. The van der Waals surface area contributed by atoms with Gasteiger partial charge in [-0.1, -0.05) is 11.6 Å². The Hall–Kier alpha value is -2.93. The molecule has 2 aromatic rings. The molecule has 2 aromatic carbocycles. The largest absolute Gasteiger partial charge is 0.506 e. The normalized spacial score (nSPS) is 10.0. The van der Waals surface area contributed by atoms with Crippen LogP contribution in [0.15, 0.2) is 42.5 Å². The number of benzene rings is 2. The Balaban J connectivity index is 1.75. The van der Waals surface area contributed by atoms with Gasteiger partial charge in [0.15, 0.2) is 0 Å². The minimum absolute atomic E-state index is 0.0575. The average Bonchev–Trinajstić information content (AvgIpc) is 2.62. The molecule has 0 aliphatic heterocycles. The number of nitrogens with one attached hydrogen (secondary N) is 2. The highest BCUT2D eigenvalue weighted by atomic mass is 35.5. The molecule has 0 radical (unpaired) electrons. The summed E-state index contributed by atoms with van der Waals surface area (Å²) in [4.78, 5) is 23.5. The Morgan fingerprint density at radius 3 is 2.44 bits per heavy atom. The molecule has 0 bridgehead atoms. The topological polar surface area (TPSA) is 96.9 Å². The van der Waals surface area contributed by atoms with Crippen LogP contribution in [-0.2, 0) is 9.59 Å². The van der Waals surface area contributed by atoms with Gasteiger partial charge in [0.05, 0.1) is 19.3 Å². The van der Waals surface area contributed by atoms with Crippen LogP contribution in [0.2, 0.25) is 5.02 Å². The Morgan fingerprint density at radius 1 is 1.08 bits per heavy atom. The van der Waals surface area contributed by atoms with Crippen molar-refractivity contribution >= 4 is 29.1 Å². The van der Waals surface area contributed by atoms with E-state index in [0.29, 0.717) is 16.5 Å². The molecular weight excluding hydrogens is 348 g/mol. The summed E-state index contributed by atoms with van der Waals surface area (Å²) in [7, 11) is 1.57. The molecule has 0 saturated heterocycles. The molecule has 0 aromatic heterocycles. The first kappa shape index (κ1) is 18.4. The maximum absolute atomic E-state index is 11.8. The predicted octanol–water partition coefficient (Wildman–Crippen LogP) is 2.19. The second-order valence-electron chi connectivity index (χ2n) is 4.90. The van der Waals surface area contributed by atoms with Crippen molar-refractivity contribution in [3.8, 4) is 17.2 Å². The fourth-order valence-corrected chi connectivity index (χ4v) is 2.05. The van der Waals surface area contributed by atoms with Crippen molar-refractivity contribution in [2.24, 2.45) is 0 Å². The third-order valence-corrected chi connectivity index (χ3v) is 3.36. The fraction of sp³-hybridized carbons (Fsp3) is 0.176. The minimum atomic E-state index is -0.915. The first-order chi connectivity index (χ1) is 12.0. The molecule has 0 saturated carbocycles. The third-order valence-electron chi connectivity index (χ3n) is 3.13. The van der Waals surface area contributed by atoms with E-state index in [1.54, 1.807) is 31.4 Å². The number of carbonyl (C=O) groups is 2. The maximum atomic E-state index is 11.8. The third kappa shape index (κ3) is 5.58. The molecule has 8 heteroatoms. The SMILES string of the molecule is COc1ccc(OCCNC(=O)C(=O)Nc2cc(Cl)ccc2O)cc1. The summed E-state index contributed by atoms with van der Waals surface area (Å²) in [6.07, 6.45) is 0. The number of rotatable bonds is 6. The van der Waals surface area contributed by atoms with Gasteiger partial charge in [-0.15, -0.1) is 0 Å². The molecule has 0 fully saturated rings. The first-order valence-corrected chi connectivity index (χ1v) is 7.72. The van der Waals surface area contributed by atoms with Gasteiger partial charge in [0, 0.05) is 5.02 Å². The van der Waals surface area contributed by atoms with Gasteiger partial charge in [0.1, 0.15) is 23.9 Å². The molecule has 3 N–H and O–H groups in total. The number of hydrogen-bond donors (Lipinski definition) is 3. The first-order valence-electron chi connectivity index (χ1n) is 7.34. The Kier molecular flexibility index (Phi) is 6.47. The summed E-state index contributed by atoms with van der Waals surface area (Å²) in [6.45, 7) is 0.327. The number of methoxy groups -OCH3 is 1. The predicted molar refractivity (Wildman–Crippen MR) is 93.2 cm³/mol. The zero-order chi connectivity index (χ0) is 18.2. The van der Waals surface area contributed by atoms with E-state index in [-0.39, 0.29) is 24.6 Å². The Labute approximate surface area is 149 Å². The van der Waals surface area contributed by atoms with Gasteiger partial charge >= 0.3 is 11.8 Å². The molecule has 25 heavy (non-hydrogen) atoms. The highest BCUT2D eigenvalue weighted by Crippen LogP contribution is 2.26.